The van der Waals surface area contributed by atoms with Gasteiger partial charge in [0.05, 0.1) is 0 Å². The van der Waals surface area contributed by atoms with Crippen molar-refractivity contribution in [1.82, 2.24) is 0 Å². The zero-order chi connectivity index (χ0) is 101. The molecule has 0 amide bonds. The molecule has 6 heterocycles. The van der Waals surface area contributed by atoms with Gasteiger partial charge in [0.1, 0.15) is 42.3 Å². The predicted molar refractivity (Wildman–Crippen MR) is 534 cm³/mol. The summed E-state index contributed by atoms with van der Waals surface area (Å²) in [5, 5.41) is 0. The first kappa shape index (κ1) is 79.2. The van der Waals surface area contributed by atoms with Gasteiger partial charge in [0, 0.05) is 117 Å². The number of nitrogens with zero attached hydrogens (tertiary/aromatic N) is 6. The molecule has 6 aromatic carbocycles. The van der Waals surface area contributed by atoms with Crippen LogP contribution in [0.15, 0.2) is 183 Å². The van der Waals surface area contributed by atoms with Gasteiger partial charge in [0.2, 0.25) is 34.2 Å². The molecule has 0 spiro atoms. The molecular formula is C122H154N6+6. The van der Waals surface area contributed by atoms with Crippen LogP contribution in [0.1, 0.15) is 350 Å². The fourth-order valence-corrected chi connectivity index (χ4v) is 26.2. The van der Waals surface area contributed by atoms with Gasteiger partial charge in [-0.15, -0.1) is 0 Å². The molecule has 21 rings (SSSR count). The van der Waals surface area contributed by atoms with Gasteiger partial charge in [-0.3, -0.25) is 0 Å². The minimum absolute atomic E-state index is 0.213. The highest BCUT2D eigenvalue weighted by Crippen LogP contribution is 2.66. The van der Waals surface area contributed by atoms with Crippen molar-refractivity contribution in [3.8, 4) is 67.5 Å². The molecule has 6 nitrogen and oxygen atoms in total. The molecule has 128 heavy (non-hydrogen) atoms. The Kier molecular flexibility index (Phi) is 20.8. The van der Waals surface area contributed by atoms with E-state index in [-0.39, 0.29) is 32.5 Å². The monoisotopic (exact) mass is 1710 g/mol. The Bertz CT molecular complexity index is 6790. The number of aromatic nitrogens is 6. The van der Waals surface area contributed by atoms with Crippen molar-refractivity contribution in [3.63, 3.8) is 0 Å². The van der Waals surface area contributed by atoms with Gasteiger partial charge in [-0.2, -0.15) is 0 Å². The summed E-state index contributed by atoms with van der Waals surface area (Å²) in [6, 6.07) is 51.2. The summed E-state index contributed by atoms with van der Waals surface area (Å²) in [7, 11) is 12.6. The van der Waals surface area contributed by atoms with Crippen LogP contribution >= 0.6 is 0 Å². The van der Waals surface area contributed by atoms with Crippen molar-refractivity contribution in [2.45, 2.75) is 318 Å². The van der Waals surface area contributed by atoms with E-state index in [9.17, 15) is 2.74 Å². The van der Waals surface area contributed by atoms with Crippen LogP contribution in [0.3, 0.4) is 0 Å². The maximum atomic E-state index is 9.36. The summed E-state index contributed by atoms with van der Waals surface area (Å²) in [5.41, 5.74) is 45.4. The van der Waals surface area contributed by atoms with Gasteiger partial charge in [-0.25, -0.2) is 27.4 Å². The second-order valence-corrected chi connectivity index (χ2v) is 44.8. The van der Waals surface area contributed by atoms with Crippen LogP contribution in [0.5, 0.6) is 0 Å². The van der Waals surface area contributed by atoms with Gasteiger partial charge in [0.15, 0.2) is 37.2 Å². The van der Waals surface area contributed by atoms with Crippen molar-refractivity contribution in [1.29, 1.82) is 0 Å². The molecule has 0 saturated heterocycles. The highest BCUT2D eigenvalue weighted by atomic mass is 15.0. The summed E-state index contributed by atoms with van der Waals surface area (Å²) in [6.45, 7) is 49.9. The minimum Gasteiger partial charge on any atom is -0.201 e. The fourth-order valence-electron chi connectivity index (χ4n) is 26.2. The van der Waals surface area contributed by atoms with Crippen LogP contribution in [0.4, 0.5) is 0 Å². The Labute approximate surface area is 786 Å². The highest BCUT2D eigenvalue weighted by molar-refractivity contribution is 5.75. The summed E-state index contributed by atoms with van der Waals surface area (Å²) in [5.74, 6) is -1.28. The lowest BCUT2D eigenvalue weighted by Gasteiger charge is -2.24. The smallest absolute Gasteiger partial charge is 0.201 e. The van der Waals surface area contributed by atoms with E-state index < -0.39 is 42.7 Å². The number of aryl methyl sites for hydroxylation is 18. The predicted octanol–water partition coefficient (Wildman–Crippen LogP) is 27.4. The first-order valence-electron chi connectivity index (χ1n) is 52.7. The van der Waals surface area contributed by atoms with Gasteiger partial charge < -0.3 is 0 Å². The standard InChI is InChI=1S/C21H26N.3C21H28N.2C19H22N/c1-13-6-7-15(14(2)12-13)20-19-16(10-11-22(20)5)17-8-9-18(19)21(17,3)4;1-14-8-9-16(15(2)10-14)19-11-17-18(12-22(19)7)21(5,6)13-20(17,3)4;2*1-14-8-9-16(15(2)12-14)19-18-17(10-11-22(19)7)20(3,4)13-21(18,5)6;2*1-12-4-7-16(13(2)10-12)19-18-15-6-5-14(11-15)17(18)8-9-20(19)3/h6-7,10-12,17-18H,8-9H2,1-5H3;3*8-12H,13H2,1-7H3;2*4,7-10,14-15H,5-6,11H2,1-3H3/q6*+1/i1D3,17D,18D;;;;1D3,14D,15D;. The molecule has 666 valence electrons. The van der Waals surface area contributed by atoms with E-state index in [4.69, 9.17) is 11.0 Å². The average molecular weight is 1710 g/mol. The van der Waals surface area contributed by atoms with E-state index in [1.165, 1.54) is 161 Å². The minimum atomic E-state index is -2.13. The van der Waals surface area contributed by atoms with Gasteiger partial charge in [0.25, 0.3) is 0 Å². The van der Waals surface area contributed by atoms with Crippen LogP contribution < -0.4 is 27.4 Å². The molecule has 12 aromatic rings. The quantitative estimate of drug-likeness (QED) is 0.148. The summed E-state index contributed by atoms with van der Waals surface area (Å²) in [4.78, 5) is 0. The summed E-state index contributed by atoms with van der Waals surface area (Å²) < 4.78 is 95.3. The van der Waals surface area contributed by atoms with E-state index in [1.54, 1.807) is 35.4 Å². The van der Waals surface area contributed by atoms with Crippen LogP contribution in [-0.2, 0) is 74.8 Å². The summed E-state index contributed by atoms with van der Waals surface area (Å²) in [6.07, 6.45) is 24.2. The van der Waals surface area contributed by atoms with Crippen LogP contribution in [0.25, 0.3) is 67.5 Å². The molecule has 6 heteroatoms. The Morgan fingerprint density at radius 3 is 1.08 bits per heavy atom. The van der Waals surface area contributed by atoms with Crippen LogP contribution in [0.2, 0.25) is 0 Å². The Morgan fingerprint density at radius 2 is 0.625 bits per heavy atom. The van der Waals surface area contributed by atoms with Crippen LogP contribution in [-0.4, -0.2) is 0 Å². The number of benzene rings is 6. The maximum Gasteiger partial charge on any atom is 0.216 e. The van der Waals surface area contributed by atoms with Gasteiger partial charge >= 0.3 is 0 Å². The molecule has 9 aliphatic carbocycles. The third-order valence-corrected chi connectivity index (χ3v) is 31.4. The normalized spacial score (nSPS) is 24.5. The second kappa shape index (κ2) is 33.6. The fraction of sp³-hybridized carbons (Fsp3) is 0.459. The van der Waals surface area contributed by atoms with E-state index in [0.717, 1.165) is 74.2 Å². The molecule has 3 saturated carbocycles. The van der Waals surface area contributed by atoms with Crippen molar-refractivity contribution in [2.75, 3.05) is 0 Å². The Balaban J connectivity index is 0.000000120. The van der Waals surface area contributed by atoms with Crippen molar-refractivity contribution in [3.05, 3.63) is 316 Å². The second-order valence-electron chi connectivity index (χ2n) is 44.8. The lowest BCUT2D eigenvalue weighted by molar-refractivity contribution is -0.661. The topological polar surface area (TPSA) is 23.3 Å². The van der Waals surface area contributed by atoms with E-state index in [1.807, 2.05) is 87.6 Å². The molecule has 0 aliphatic heterocycles. The largest absolute Gasteiger partial charge is 0.216 e. The number of hydrogen-bond acceptors (Lipinski definition) is 0. The molecule has 6 unspecified atom stereocenters. The third kappa shape index (κ3) is 16.5. The molecule has 3 fully saturated rings. The van der Waals surface area contributed by atoms with Gasteiger partial charge in [-0.05, 0) is 330 Å². The van der Waals surface area contributed by atoms with E-state index >= 15 is 0 Å². The summed E-state index contributed by atoms with van der Waals surface area (Å²) >= 11 is 0. The molecule has 6 atom stereocenters. The number of fused-ring (bicyclic) bond motifs is 18. The van der Waals surface area contributed by atoms with Crippen molar-refractivity contribution < 1.29 is 41.1 Å². The average Bonchev–Trinajstić information content (AvgIpc) is 1.50. The number of pyridine rings is 6. The van der Waals surface area contributed by atoms with Crippen molar-refractivity contribution >= 4 is 0 Å². The lowest BCUT2D eigenvalue weighted by atomic mass is 9.79. The van der Waals surface area contributed by atoms with Crippen molar-refractivity contribution in [2.24, 2.45) is 47.7 Å². The third-order valence-electron chi connectivity index (χ3n) is 31.4. The molecule has 6 bridgehead atoms. The first-order chi connectivity index (χ1) is 63.9. The first-order valence-corrected chi connectivity index (χ1v) is 47.7. The lowest BCUT2D eigenvalue weighted by Crippen LogP contribution is -2.34. The Hall–Kier alpha value is -9.78. The van der Waals surface area contributed by atoms with Gasteiger partial charge in [-0.1, -0.05) is 203 Å². The zero-order valence-electron chi connectivity index (χ0n) is 93.4. The molecule has 0 radical (unpaired) electrons. The van der Waals surface area contributed by atoms with E-state index in [0.29, 0.717) is 36.8 Å². The SMILES string of the molecule is Cc1ccc(-c2c3c(cc[n+]2C)C(C)(C)CC3(C)C)c(C)c1.Cc1ccc(-c2c3c(cc[n+]2C)C(C)(C)CC3(C)C)c(C)c1.Cc1ccc(-c2c3c(cc[n+]2C)C2CCC3C2)c(C)c1.Cc1ccc(-c2cc3c(c[n+]2C)C(C)(C)CC3(C)C)c(C)c1.[2H]C([2H])([2H])c1ccc(-c2c3c(cc[n+]2C)C2([2H])CCC3([2H])C2(C)C)c(C)c1.[2H]C([2H])([2H])c1ccc(-c2c3c(cc[n+]2C)C2([2H])CCC3([2H])C2)c(C)c1. The zero-order valence-corrected chi connectivity index (χ0v) is 83.4. The maximum absolute atomic E-state index is 9.36. The van der Waals surface area contributed by atoms with E-state index in [2.05, 4.69) is 307 Å². The molecule has 0 N–H and O–H groups in total. The number of hydrogen-bond donors (Lipinski definition) is 0. The molecule has 9 aliphatic rings. The van der Waals surface area contributed by atoms with Crippen LogP contribution in [0, 0.1) is 88.4 Å². The Morgan fingerprint density at radius 1 is 0.281 bits per heavy atom. The molecule has 6 aromatic heterocycles. The number of rotatable bonds is 6. The highest BCUT2D eigenvalue weighted by Gasteiger charge is 2.55. The molecular weight excluding hydrogens is 1550 g/mol.